The lowest BCUT2D eigenvalue weighted by Gasteiger charge is -2.63. The number of fused-ring (bicyclic) bond motifs is 1. The fraction of sp³-hybridized carbons (Fsp3) is 0.593. The lowest BCUT2D eigenvalue weighted by molar-refractivity contribution is -0.136. The van der Waals surface area contributed by atoms with Crippen molar-refractivity contribution in [3.05, 3.63) is 29.3 Å². The van der Waals surface area contributed by atoms with Gasteiger partial charge in [0.2, 0.25) is 11.8 Å². The highest BCUT2D eigenvalue weighted by Crippen LogP contribution is 2.63. The Kier molecular flexibility index (Phi) is 6.03. The molecule has 5 amide bonds. The van der Waals surface area contributed by atoms with Gasteiger partial charge in [-0.05, 0) is 66.5 Å². The van der Waals surface area contributed by atoms with Gasteiger partial charge in [0.1, 0.15) is 6.04 Å². The summed E-state index contributed by atoms with van der Waals surface area (Å²) in [6, 6.07) is 4.10. The average Bonchev–Trinajstić information content (AvgIpc) is 3.05. The molecule has 1 aromatic carbocycles. The van der Waals surface area contributed by atoms with Crippen molar-refractivity contribution >= 4 is 35.4 Å². The van der Waals surface area contributed by atoms with Crippen molar-refractivity contribution in [1.29, 1.82) is 0 Å². The molecule has 1 aromatic rings. The molecule has 37 heavy (non-hydrogen) atoms. The molecule has 0 aromatic heterocycles. The van der Waals surface area contributed by atoms with Crippen molar-refractivity contribution in [2.24, 2.45) is 22.7 Å². The number of carbonyl (C=O) groups excluding carboxylic acids is 4. The molecule has 1 spiro atoms. The summed E-state index contributed by atoms with van der Waals surface area (Å²) in [7, 11) is 0. The molecule has 4 aliphatic rings. The highest BCUT2D eigenvalue weighted by atomic mass is 16.4. The molecule has 0 bridgehead atoms. The molecule has 10 nitrogen and oxygen atoms in total. The topological polar surface area (TPSA) is 136 Å². The second kappa shape index (κ2) is 8.85. The number of imide groups is 2. The van der Waals surface area contributed by atoms with Crippen LogP contribution in [0.2, 0.25) is 0 Å². The molecule has 3 aliphatic heterocycles. The minimum absolute atomic E-state index is 0.0682. The fourth-order valence-electron chi connectivity index (χ4n) is 7.41. The molecular weight excluding hydrogens is 476 g/mol. The molecule has 3 atom stereocenters. The van der Waals surface area contributed by atoms with Gasteiger partial charge in [0, 0.05) is 31.7 Å². The first-order valence-electron chi connectivity index (χ1n) is 13.0. The SMILES string of the molecule is CC(C)(C)C1C(CNc2ccc3c(c2)C(=O)N(C2CCC(=O)NC2=O)C3=O)CC12CCN(C(=O)O)CC2. The lowest BCUT2D eigenvalue weighted by Crippen LogP contribution is -2.60. The van der Waals surface area contributed by atoms with Crippen molar-refractivity contribution < 1.29 is 29.1 Å². The predicted molar refractivity (Wildman–Crippen MR) is 134 cm³/mol. The van der Waals surface area contributed by atoms with Gasteiger partial charge in [0.15, 0.2) is 0 Å². The number of piperidine rings is 2. The van der Waals surface area contributed by atoms with E-state index in [1.165, 1.54) is 4.90 Å². The minimum atomic E-state index is -0.979. The molecule has 3 fully saturated rings. The number of nitrogens with one attached hydrogen (secondary N) is 2. The normalized spacial score (nSPS) is 27.2. The third-order valence-electron chi connectivity index (χ3n) is 8.77. The number of rotatable bonds is 4. The first-order chi connectivity index (χ1) is 17.4. The van der Waals surface area contributed by atoms with Crippen LogP contribution in [0.4, 0.5) is 10.5 Å². The van der Waals surface area contributed by atoms with E-state index in [0.29, 0.717) is 31.5 Å². The molecule has 3 unspecified atom stereocenters. The van der Waals surface area contributed by atoms with E-state index in [-0.39, 0.29) is 34.8 Å². The Morgan fingerprint density at radius 3 is 2.41 bits per heavy atom. The second-order valence-electron chi connectivity index (χ2n) is 12.0. The Morgan fingerprint density at radius 2 is 1.78 bits per heavy atom. The summed E-state index contributed by atoms with van der Waals surface area (Å²) in [6.45, 7) is 8.61. The number of benzene rings is 1. The van der Waals surface area contributed by atoms with Crippen LogP contribution in [0.1, 0.15) is 73.6 Å². The Morgan fingerprint density at radius 1 is 1.11 bits per heavy atom. The molecule has 1 saturated carbocycles. The number of anilines is 1. The van der Waals surface area contributed by atoms with Crippen LogP contribution in [-0.2, 0) is 9.59 Å². The van der Waals surface area contributed by atoms with Crippen LogP contribution in [0, 0.1) is 22.7 Å². The van der Waals surface area contributed by atoms with Crippen LogP contribution in [-0.4, -0.2) is 70.3 Å². The number of hydrogen-bond donors (Lipinski definition) is 3. The van der Waals surface area contributed by atoms with Crippen LogP contribution < -0.4 is 10.6 Å². The highest BCUT2D eigenvalue weighted by Gasteiger charge is 2.58. The molecule has 5 rings (SSSR count). The van der Waals surface area contributed by atoms with Gasteiger partial charge in [0.25, 0.3) is 11.8 Å². The quantitative estimate of drug-likeness (QED) is 0.530. The molecule has 3 heterocycles. The summed E-state index contributed by atoms with van der Waals surface area (Å²) in [5.41, 5.74) is 1.48. The minimum Gasteiger partial charge on any atom is -0.465 e. The number of carboxylic acid groups (broad SMARTS) is 1. The number of nitrogens with zero attached hydrogens (tertiary/aromatic N) is 2. The van der Waals surface area contributed by atoms with E-state index in [2.05, 4.69) is 31.4 Å². The highest BCUT2D eigenvalue weighted by molar-refractivity contribution is 6.23. The van der Waals surface area contributed by atoms with E-state index in [0.717, 1.165) is 29.8 Å². The average molecular weight is 511 g/mol. The molecular formula is C27H34N4O6. The van der Waals surface area contributed by atoms with Crippen molar-refractivity contribution in [2.45, 2.75) is 58.9 Å². The number of carbonyl (C=O) groups is 5. The first-order valence-corrected chi connectivity index (χ1v) is 13.0. The van der Waals surface area contributed by atoms with Gasteiger partial charge in [-0.1, -0.05) is 20.8 Å². The van der Waals surface area contributed by atoms with E-state index in [9.17, 15) is 29.1 Å². The zero-order valence-corrected chi connectivity index (χ0v) is 21.5. The van der Waals surface area contributed by atoms with Crippen molar-refractivity contribution in [3.63, 3.8) is 0 Å². The Labute approximate surface area is 215 Å². The summed E-state index contributed by atoms with van der Waals surface area (Å²) < 4.78 is 0. The number of amides is 5. The Hall–Kier alpha value is -3.43. The van der Waals surface area contributed by atoms with Crippen LogP contribution in [0.5, 0.6) is 0 Å². The third kappa shape index (κ3) is 4.26. The molecule has 10 heteroatoms. The maximum absolute atomic E-state index is 13.1. The fourth-order valence-corrected chi connectivity index (χ4v) is 7.41. The standard InChI is InChI=1S/C27H34N4O6/c1-26(2,3)21-15(13-27(21)8-10-30(11-9-27)25(36)37)14-28-16-4-5-17-18(12-16)24(35)31(23(17)34)19-6-7-20(32)29-22(19)33/h4-5,12,15,19,21,28H,6-11,13-14H2,1-3H3,(H,36,37)(H,29,32,33). The summed E-state index contributed by atoms with van der Waals surface area (Å²) in [5.74, 6) is -1.21. The maximum atomic E-state index is 13.1. The second-order valence-corrected chi connectivity index (χ2v) is 12.0. The zero-order chi connectivity index (χ0) is 26.7. The van der Waals surface area contributed by atoms with Gasteiger partial charge in [-0.2, -0.15) is 0 Å². The van der Waals surface area contributed by atoms with E-state index < -0.39 is 35.8 Å². The zero-order valence-electron chi connectivity index (χ0n) is 21.5. The van der Waals surface area contributed by atoms with Gasteiger partial charge >= 0.3 is 6.09 Å². The van der Waals surface area contributed by atoms with Gasteiger partial charge < -0.3 is 15.3 Å². The van der Waals surface area contributed by atoms with E-state index in [4.69, 9.17) is 0 Å². The molecule has 198 valence electrons. The lowest BCUT2D eigenvalue weighted by atomic mass is 9.44. The first kappa shape index (κ1) is 25.2. The Balaban J connectivity index is 1.26. The summed E-state index contributed by atoms with van der Waals surface area (Å²) in [6.07, 6.45) is 2.15. The smallest absolute Gasteiger partial charge is 0.407 e. The van der Waals surface area contributed by atoms with E-state index >= 15 is 0 Å². The number of likely N-dealkylation sites (tertiary alicyclic amines) is 1. The molecule has 0 radical (unpaired) electrons. The number of hydrogen-bond acceptors (Lipinski definition) is 6. The summed E-state index contributed by atoms with van der Waals surface area (Å²) in [4.78, 5) is 63.7. The molecule has 3 N–H and O–H groups in total. The molecule has 2 saturated heterocycles. The van der Waals surface area contributed by atoms with Crippen molar-refractivity contribution in [3.8, 4) is 0 Å². The third-order valence-corrected chi connectivity index (χ3v) is 8.77. The van der Waals surface area contributed by atoms with Crippen molar-refractivity contribution in [1.82, 2.24) is 15.1 Å². The van der Waals surface area contributed by atoms with Gasteiger partial charge in [-0.15, -0.1) is 0 Å². The van der Waals surface area contributed by atoms with Gasteiger partial charge in [-0.25, -0.2) is 4.79 Å². The van der Waals surface area contributed by atoms with Crippen LogP contribution in [0.25, 0.3) is 0 Å². The van der Waals surface area contributed by atoms with Crippen LogP contribution in [0.3, 0.4) is 0 Å². The monoisotopic (exact) mass is 510 g/mol. The predicted octanol–water partition coefficient (Wildman–Crippen LogP) is 2.94. The van der Waals surface area contributed by atoms with Crippen molar-refractivity contribution in [2.75, 3.05) is 25.0 Å². The van der Waals surface area contributed by atoms with Crippen LogP contribution in [0.15, 0.2) is 18.2 Å². The Bertz CT molecular complexity index is 1180. The van der Waals surface area contributed by atoms with E-state index in [1.54, 1.807) is 18.2 Å². The molecule has 1 aliphatic carbocycles. The maximum Gasteiger partial charge on any atom is 0.407 e. The summed E-state index contributed by atoms with van der Waals surface area (Å²) >= 11 is 0. The largest absolute Gasteiger partial charge is 0.465 e. The van der Waals surface area contributed by atoms with Crippen LogP contribution >= 0.6 is 0 Å². The van der Waals surface area contributed by atoms with Gasteiger partial charge in [-0.3, -0.25) is 29.4 Å². The summed E-state index contributed by atoms with van der Waals surface area (Å²) in [5, 5.41) is 15.0. The van der Waals surface area contributed by atoms with Gasteiger partial charge in [0.05, 0.1) is 11.1 Å². The van der Waals surface area contributed by atoms with E-state index in [1.807, 2.05) is 0 Å².